The summed E-state index contributed by atoms with van der Waals surface area (Å²) < 4.78 is 33.4. The van der Waals surface area contributed by atoms with Gasteiger partial charge >= 0.3 is 6.01 Å². The van der Waals surface area contributed by atoms with Crippen LogP contribution in [0.1, 0.15) is 21.8 Å². The van der Waals surface area contributed by atoms with Gasteiger partial charge in [0.2, 0.25) is 5.89 Å². The van der Waals surface area contributed by atoms with Gasteiger partial charge in [0.15, 0.2) is 9.84 Å². The number of amides is 1. The maximum Gasteiger partial charge on any atom is 0.322 e. The van der Waals surface area contributed by atoms with Gasteiger partial charge in [0.1, 0.15) is 5.75 Å². The van der Waals surface area contributed by atoms with Crippen molar-refractivity contribution in [3.05, 3.63) is 65.5 Å². The van der Waals surface area contributed by atoms with Gasteiger partial charge in [-0.15, -0.1) is 5.10 Å². The lowest BCUT2D eigenvalue weighted by molar-refractivity contribution is 0.102. The summed E-state index contributed by atoms with van der Waals surface area (Å²) in [5.41, 5.74) is 1.23. The fraction of sp³-hybridized carbons (Fsp3) is 0.167. The molecule has 27 heavy (non-hydrogen) atoms. The third-order valence-electron chi connectivity index (χ3n) is 3.75. The molecule has 9 heteroatoms. The van der Waals surface area contributed by atoms with Crippen LogP contribution >= 0.6 is 0 Å². The normalized spacial score (nSPS) is 11.2. The number of sulfone groups is 1. The molecule has 2 aromatic carbocycles. The van der Waals surface area contributed by atoms with Crippen molar-refractivity contribution < 1.29 is 22.4 Å². The van der Waals surface area contributed by atoms with E-state index in [0.29, 0.717) is 23.6 Å². The Bertz CT molecular complexity index is 1040. The van der Waals surface area contributed by atoms with Crippen molar-refractivity contribution in [2.75, 3.05) is 18.7 Å². The molecule has 3 aromatic rings. The predicted molar refractivity (Wildman–Crippen MR) is 97.6 cm³/mol. The zero-order valence-corrected chi connectivity index (χ0v) is 15.5. The quantitative estimate of drug-likeness (QED) is 0.691. The van der Waals surface area contributed by atoms with Crippen LogP contribution < -0.4 is 10.1 Å². The van der Waals surface area contributed by atoms with E-state index in [2.05, 4.69) is 15.5 Å². The minimum Gasteiger partial charge on any atom is -0.497 e. The Balaban J connectivity index is 1.65. The predicted octanol–water partition coefficient (Wildman–Crippen LogP) is 2.32. The zero-order valence-electron chi connectivity index (χ0n) is 14.7. The molecule has 1 aromatic heterocycles. The second-order valence-electron chi connectivity index (χ2n) is 5.78. The van der Waals surface area contributed by atoms with Gasteiger partial charge in [-0.05, 0) is 42.0 Å². The molecular weight excluding hydrogens is 370 g/mol. The average Bonchev–Trinajstić information content (AvgIpc) is 3.08. The van der Waals surface area contributed by atoms with Crippen LogP contribution in [0.2, 0.25) is 0 Å². The van der Waals surface area contributed by atoms with E-state index < -0.39 is 9.84 Å². The van der Waals surface area contributed by atoms with Crippen LogP contribution in [0.25, 0.3) is 0 Å². The van der Waals surface area contributed by atoms with Gasteiger partial charge < -0.3 is 9.15 Å². The second kappa shape index (κ2) is 7.58. The van der Waals surface area contributed by atoms with Crippen molar-refractivity contribution in [2.45, 2.75) is 11.3 Å². The van der Waals surface area contributed by atoms with Crippen LogP contribution in [0.5, 0.6) is 5.75 Å². The molecule has 1 amide bonds. The molecule has 0 aliphatic carbocycles. The van der Waals surface area contributed by atoms with Crippen molar-refractivity contribution in [2.24, 2.45) is 0 Å². The number of hydrogen-bond acceptors (Lipinski definition) is 7. The SMILES string of the molecule is COc1ccc(C(=O)Nc2nnc(Cc3ccc(S(C)(=O)=O)cc3)o2)cc1. The number of nitrogens with zero attached hydrogens (tertiary/aromatic N) is 2. The number of carbonyl (C=O) groups is 1. The lowest BCUT2D eigenvalue weighted by atomic mass is 10.1. The van der Waals surface area contributed by atoms with E-state index in [0.717, 1.165) is 11.8 Å². The molecule has 140 valence electrons. The molecule has 1 N–H and O–H groups in total. The molecule has 0 bridgehead atoms. The Kier molecular flexibility index (Phi) is 5.22. The summed E-state index contributed by atoms with van der Waals surface area (Å²) in [7, 11) is -1.69. The lowest BCUT2D eigenvalue weighted by Crippen LogP contribution is -2.11. The average molecular weight is 387 g/mol. The number of nitrogens with one attached hydrogen (secondary N) is 1. The van der Waals surface area contributed by atoms with Crippen LogP contribution in [0, 0.1) is 0 Å². The fourth-order valence-corrected chi connectivity index (χ4v) is 2.95. The number of aromatic nitrogens is 2. The molecule has 0 atom stereocenters. The highest BCUT2D eigenvalue weighted by Gasteiger charge is 2.13. The summed E-state index contributed by atoms with van der Waals surface area (Å²) in [6.45, 7) is 0. The van der Waals surface area contributed by atoms with Crippen LogP contribution in [-0.2, 0) is 16.3 Å². The summed E-state index contributed by atoms with van der Waals surface area (Å²) >= 11 is 0. The first-order chi connectivity index (χ1) is 12.8. The van der Waals surface area contributed by atoms with Crippen molar-refractivity contribution in [1.29, 1.82) is 0 Å². The summed E-state index contributed by atoms with van der Waals surface area (Å²) in [6, 6.07) is 13.0. The number of rotatable bonds is 6. The number of benzene rings is 2. The molecule has 3 rings (SSSR count). The van der Waals surface area contributed by atoms with Crippen LogP contribution in [0.15, 0.2) is 57.8 Å². The molecule has 0 spiro atoms. The van der Waals surface area contributed by atoms with Gasteiger partial charge in [0.25, 0.3) is 5.91 Å². The molecule has 0 saturated heterocycles. The summed E-state index contributed by atoms with van der Waals surface area (Å²) in [5, 5.41) is 10.2. The molecule has 0 aliphatic rings. The first kappa shape index (κ1) is 18.6. The lowest BCUT2D eigenvalue weighted by Gasteiger charge is -2.02. The van der Waals surface area contributed by atoms with Crippen LogP contribution in [0.3, 0.4) is 0 Å². The Labute approximate surface area is 156 Å². The monoisotopic (exact) mass is 387 g/mol. The summed E-state index contributed by atoms with van der Waals surface area (Å²) in [4.78, 5) is 12.4. The fourth-order valence-electron chi connectivity index (χ4n) is 2.32. The van der Waals surface area contributed by atoms with Gasteiger partial charge in [-0.2, -0.15) is 0 Å². The third kappa shape index (κ3) is 4.70. The standard InChI is InChI=1S/C18H17N3O5S/c1-25-14-7-5-13(6-8-14)17(22)19-18-21-20-16(26-18)11-12-3-9-15(10-4-12)27(2,23)24/h3-10H,11H2,1-2H3,(H,19,21,22). The largest absolute Gasteiger partial charge is 0.497 e. The zero-order chi connectivity index (χ0) is 19.4. The highest BCUT2D eigenvalue weighted by Crippen LogP contribution is 2.16. The van der Waals surface area contributed by atoms with Crippen LogP contribution in [0.4, 0.5) is 6.01 Å². The number of ether oxygens (including phenoxy) is 1. The number of methoxy groups -OCH3 is 1. The smallest absolute Gasteiger partial charge is 0.322 e. The van der Waals surface area contributed by atoms with Crippen molar-refractivity contribution in [3.63, 3.8) is 0 Å². The molecule has 0 fully saturated rings. The van der Waals surface area contributed by atoms with E-state index in [1.165, 1.54) is 12.1 Å². The van der Waals surface area contributed by atoms with Gasteiger partial charge in [0.05, 0.1) is 18.4 Å². The van der Waals surface area contributed by atoms with Gasteiger partial charge in [-0.1, -0.05) is 17.2 Å². The maximum absolute atomic E-state index is 12.2. The minimum atomic E-state index is -3.24. The third-order valence-corrected chi connectivity index (χ3v) is 4.87. The Morgan fingerprint density at radius 2 is 1.74 bits per heavy atom. The number of carbonyl (C=O) groups excluding carboxylic acids is 1. The second-order valence-corrected chi connectivity index (χ2v) is 7.79. The van der Waals surface area contributed by atoms with Crippen molar-refractivity contribution in [3.8, 4) is 5.75 Å². The Hall–Kier alpha value is -3.20. The van der Waals surface area contributed by atoms with Gasteiger partial charge in [-0.25, -0.2) is 8.42 Å². The van der Waals surface area contributed by atoms with E-state index in [1.54, 1.807) is 43.5 Å². The first-order valence-corrected chi connectivity index (χ1v) is 9.81. The van der Waals surface area contributed by atoms with E-state index in [9.17, 15) is 13.2 Å². The molecule has 0 radical (unpaired) electrons. The van der Waals surface area contributed by atoms with Crippen molar-refractivity contribution >= 4 is 21.8 Å². The van der Waals surface area contributed by atoms with E-state index >= 15 is 0 Å². The molecule has 8 nitrogen and oxygen atoms in total. The van der Waals surface area contributed by atoms with E-state index in [-0.39, 0.29) is 16.8 Å². The highest BCUT2D eigenvalue weighted by atomic mass is 32.2. The number of anilines is 1. The minimum absolute atomic E-state index is 0.0152. The number of hydrogen-bond donors (Lipinski definition) is 1. The highest BCUT2D eigenvalue weighted by molar-refractivity contribution is 7.90. The molecular formula is C18H17N3O5S. The molecule has 0 aliphatic heterocycles. The summed E-state index contributed by atoms with van der Waals surface area (Å²) in [5.74, 6) is 0.561. The molecule has 1 heterocycles. The van der Waals surface area contributed by atoms with Crippen LogP contribution in [-0.4, -0.2) is 37.9 Å². The van der Waals surface area contributed by atoms with E-state index in [1.807, 2.05) is 0 Å². The van der Waals surface area contributed by atoms with E-state index in [4.69, 9.17) is 9.15 Å². The molecule has 0 unspecified atom stereocenters. The Morgan fingerprint density at radius 1 is 1.07 bits per heavy atom. The maximum atomic E-state index is 12.2. The van der Waals surface area contributed by atoms with Gasteiger partial charge in [0, 0.05) is 11.8 Å². The Morgan fingerprint density at radius 3 is 2.33 bits per heavy atom. The summed E-state index contributed by atoms with van der Waals surface area (Å²) in [6.07, 6.45) is 1.47. The van der Waals surface area contributed by atoms with Crippen molar-refractivity contribution in [1.82, 2.24) is 10.2 Å². The topological polar surface area (TPSA) is 111 Å². The van der Waals surface area contributed by atoms with Gasteiger partial charge in [-0.3, -0.25) is 10.1 Å². The first-order valence-electron chi connectivity index (χ1n) is 7.92. The molecule has 0 saturated carbocycles.